The van der Waals surface area contributed by atoms with Crippen LogP contribution in [0.1, 0.15) is 43.7 Å². The maximum atomic E-state index is 12.3. The van der Waals surface area contributed by atoms with E-state index >= 15 is 0 Å². The number of aliphatic hydroxyl groups excluding tert-OH is 1. The summed E-state index contributed by atoms with van der Waals surface area (Å²) in [6.45, 7) is 4.36. The number of aliphatic hydroxyl groups is 1. The van der Waals surface area contributed by atoms with Crippen molar-refractivity contribution in [3.8, 4) is 0 Å². The largest absolute Gasteiger partial charge is 0.461 e. The van der Waals surface area contributed by atoms with Gasteiger partial charge in [0.05, 0.1) is 25.2 Å². The number of ether oxygens (including phenoxy) is 4. The highest BCUT2D eigenvalue weighted by Gasteiger charge is 2.46. The fourth-order valence-electron chi connectivity index (χ4n) is 4.12. The second-order valence-corrected chi connectivity index (χ2v) is 9.06. The molecule has 3 atom stereocenters. The lowest BCUT2D eigenvalue weighted by molar-refractivity contribution is -0.176. The summed E-state index contributed by atoms with van der Waals surface area (Å²) in [5.41, 5.74) is 1.05. The summed E-state index contributed by atoms with van der Waals surface area (Å²) >= 11 is 0. The van der Waals surface area contributed by atoms with Gasteiger partial charge in [-0.15, -0.1) is 0 Å². The third-order valence-electron chi connectivity index (χ3n) is 6.41. The van der Waals surface area contributed by atoms with E-state index in [1.807, 2.05) is 60.7 Å². The van der Waals surface area contributed by atoms with Crippen molar-refractivity contribution in [1.29, 1.82) is 0 Å². The predicted octanol–water partition coefficient (Wildman–Crippen LogP) is 4.06. The summed E-state index contributed by atoms with van der Waals surface area (Å²) < 4.78 is 21.2. The molecule has 0 spiro atoms. The molecule has 35 heavy (non-hydrogen) atoms. The monoisotopic (exact) mass is 484 g/mol. The minimum Gasteiger partial charge on any atom is -0.461 e. The second kappa shape index (κ2) is 14.0. The third kappa shape index (κ3) is 8.16. The van der Waals surface area contributed by atoms with Crippen molar-refractivity contribution in [2.45, 2.75) is 51.9 Å². The van der Waals surface area contributed by atoms with Crippen molar-refractivity contribution >= 4 is 11.9 Å². The van der Waals surface area contributed by atoms with E-state index in [0.29, 0.717) is 26.2 Å². The molecule has 4 rings (SSSR count). The van der Waals surface area contributed by atoms with Crippen LogP contribution in [0.5, 0.6) is 0 Å². The zero-order valence-corrected chi connectivity index (χ0v) is 20.4. The normalized spacial score (nSPS) is 22.7. The lowest BCUT2D eigenvalue weighted by Crippen LogP contribution is -2.48. The molecular weight excluding hydrogens is 448 g/mol. The van der Waals surface area contributed by atoms with Crippen LogP contribution in [0.2, 0.25) is 0 Å². The zero-order chi connectivity index (χ0) is 24.9. The molecule has 0 saturated carbocycles. The molecule has 0 aliphatic carbocycles. The van der Waals surface area contributed by atoms with Crippen LogP contribution in [-0.2, 0) is 41.8 Å². The number of esters is 2. The maximum Gasteiger partial charge on any atom is 0.317 e. The molecule has 3 unspecified atom stereocenters. The molecule has 2 aromatic rings. The molecule has 2 fully saturated rings. The average Bonchev–Trinajstić information content (AvgIpc) is 2.92. The van der Waals surface area contributed by atoms with E-state index in [-0.39, 0.29) is 31.1 Å². The molecule has 2 aliphatic rings. The van der Waals surface area contributed by atoms with Gasteiger partial charge >= 0.3 is 11.9 Å². The van der Waals surface area contributed by atoms with Crippen molar-refractivity contribution in [2.75, 3.05) is 26.4 Å². The SMILES string of the molecule is CC(O)C1(C(=O)OCc2ccccc2)CCCOC1.O=C(OCc1ccccc1)C1CCCOC1. The second-order valence-electron chi connectivity index (χ2n) is 9.06. The molecule has 2 saturated heterocycles. The number of rotatable bonds is 7. The number of carbonyl (C=O) groups excluding carboxylic acids is 2. The number of benzene rings is 2. The van der Waals surface area contributed by atoms with Crippen LogP contribution in [0, 0.1) is 11.3 Å². The molecule has 190 valence electrons. The van der Waals surface area contributed by atoms with Crippen molar-refractivity contribution < 1.29 is 33.6 Å². The summed E-state index contributed by atoms with van der Waals surface area (Å²) in [7, 11) is 0. The van der Waals surface area contributed by atoms with Crippen molar-refractivity contribution in [2.24, 2.45) is 11.3 Å². The molecule has 0 amide bonds. The van der Waals surface area contributed by atoms with Gasteiger partial charge in [-0.3, -0.25) is 9.59 Å². The Hall–Kier alpha value is -2.74. The lowest BCUT2D eigenvalue weighted by atomic mass is 9.78. The van der Waals surface area contributed by atoms with E-state index in [9.17, 15) is 14.7 Å². The molecule has 2 heterocycles. The lowest BCUT2D eigenvalue weighted by Gasteiger charge is -2.36. The fourth-order valence-corrected chi connectivity index (χ4v) is 4.12. The first-order valence-corrected chi connectivity index (χ1v) is 12.3. The van der Waals surface area contributed by atoms with Crippen LogP contribution in [0.4, 0.5) is 0 Å². The van der Waals surface area contributed by atoms with Crippen LogP contribution in [-0.4, -0.2) is 49.6 Å². The van der Waals surface area contributed by atoms with E-state index in [4.69, 9.17) is 18.9 Å². The molecule has 1 N–H and O–H groups in total. The Kier molecular flexibility index (Phi) is 10.7. The minimum atomic E-state index is -0.910. The fraction of sp³-hybridized carbons (Fsp3) is 0.500. The van der Waals surface area contributed by atoms with Crippen LogP contribution in [0.25, 0.3) is 0 Å². The number of hydrogen-bond donors (Lipinski definition) is 1. The molecule has 2 aliphatic heterocycles. The van der Waals surface area contributed by atoms with Gasteiger partial charge in [0.15, 0.2) is 0 Å². The Morgan fingerprint density at radius 3 is 2.06 bits per heavy atom. The zero-order valence-electron chi connectivity index (χ0n) is 20.4. The first kappa shape index (κ1) is 26.9. The van der Waals surface area contributed by atoms with Gasteiger partial charge in [-0.1, -0.05) is 60.7 Å². The smallest absolute Gasteiger partial charge is 0.317 e. The summed E-state index contributed by atoms with van der Waals surface area (Å²) in [6, 6.07) is 19.2. The highest BCUT2D eigenvalue weighted by atomic mass is 16.5. The average molecular weight is 485 g/mol. The summed E-state index contributed by atoms with van der Waals surface area (Å²) in [4.78, 5) is 23.9. The summed E-state index contributed by atoms with van der Waals surface area (Å²) in [6.07, 6.45) is 2.44. The molecule has 7 heteroatoms. The minimum absolute atomic E-state index is 0.0718. The van der Waals surface area contributed by atoms with Gasteiger partial charge in [-0.25, -0.2) is 0 Å². The van der Waals surface area contributed by atoms with Crippen molar-refractivity contribution in [1.82, 2.24) is 0 Å². The van der Waals surface area contributed by atoms with Gasteiger partial charge in [-0.2, -0.15) is 0 Å². The maximum absolute atomic E-state index is 12.3. The Balaban J connectivity index is 0.000000198. The Labute approximate surface area is 207 Å². The van der Waals surface area contributed by atoms with Crippen LogP contribution < -0.4 is 0 Å². The van der Waals surface area contributed by atoms with Gasteiger partial charge in [0.1, 0.15) is 18.6 Å². The Bertz CT molecular complexity index is 886. The molecule has 2 aromatic carbocycles. The van der Waals surface area contributed by atoms with Crippen LogP contribution in [0.3, 0.4) is 0 Å². The Morgan fingerprint density at radius 1 is 0.943 bits per heavy atom. The molecule has 0 aromatic heterocycles. The molecule has 0 radical (unpaired) electrons. The van der Waals surface area contributed by atoms with Crippen LogP contribution >= 0.6 is 0 Å². The predicted molar refractivity (Wildman–Crippen MR) is 130 cm³/mol. The highest BCUT2D eigenvalue weighted by molar-refractivity contribution is 5.78. The topological polar surface area (TPSA) is 91.3 Å². The summed E-state index contributed by atoms with van der Waals surface area (Å²) in [5, 5.41) is 9.91. The highest BCUT2D eigenvalue weighted by Crippen LogP contribution is 2.34. The van der Waals surface area contributed by atoms with Gasteiger partial charge < -0.3 is 24.1 Å². The van der Waals surface area contributed by atoms with Crippen molar-refractivity contribution in [3.63, 3.8) is 0 Å². The van der Waals surface area contributed by atoms with Gasteiger partial charge in [-0.05, 0) is 43.7 Å². The van der Waals surface area contributed by atoms with Crippen molar-refractivity contribution in [3.05, 3.63) is 71.8 Å². The van der Waals surface area contributed by atoms with E-state index in [1.165, 1.54) is 0 Å². The van der Waals surface area contributed by atoms with Gasteiger partial charge in [0, 0.05) is 13.2 Å². The first-order valence-electron chi connectivity index (χ1n) is 12.3. The van der Waals surface area contributed by atoms with E-state index in [1.54, 1.807) is 6.92 Å². The standard InChI is InChI=1S/C15H20O4.C13H16O3/c1-12(16)15(8-5-9-18-11-15)14(17)19-10-13-6-3-2-4-7-13;14-13(12-7-4-8-15-10-12)16-9-11-5-2-1-3-6-11/h2-4,6-7,12,16H,5,8-11H2,1H3;1-3,5-6,12H,4,7-10H2. The van der Waals surface area contributed by atoms with Gasteiger partial charge in [0.25, 0.3) is 0 Å². The number of carbonyl (C=O) groups is 2. The number of hydrogen-bond acceptors (Lipinski definition) is 7. The van der Waals surface area contributed by atoms with Crippen LogP contribution in [0.15, 0.2) is 60.7 Å². The van der Waals surface area contributed by atoms with E-state index in [2.05, 4.69) is 0 Å². The Morgan fingerprint density at radius 2 is 1.54 bits per heavy atom. The summed E-state index contributed by atoms with van der Waals surface area (Å²) in [5.74, 6) is -0.577. The molecular formula is C28H36O7. The van der Waals surface area contributed by atoms with E-state index < -0.39 is 11.5 Å². The molecule has 7 nitrogen and oxygen atoms in total. The third-order valence-corrected chi connectivity index (χ3v) is 6.41. The first-order chi connectivity index (χ1) is 17.0. The quantitative estimate of drug-likeness (QED) is 0.593. The molecule has 0 bridgehead atoms. The van der Waals surface area contributed by atoms with E-state index in [0.717, 1.165) is 37.0 Å². The van der Waals surface area contributed by atoms with Gasteiger partial charge in [0.2, 0.25) is 0 Å².